The predicted molar refractivity (Wildman–Crippen MR) is 84.0 cm³/mol. The lowest BCUT2D eigenvalue weighted by Gasteiger charge is -2.34. The number of hydrogen-bond donors (Lipinski definition) is 1. The summed E-state index contributed by atoms with van der Waals surface area (Å²) in [6.45, 7) is 4.56. The topological polar surface area (TPSA) is 39.1 Å². The normalized spacial score (nSPS) is 21.6. The van der Waals surface area contributed by atoms with Crippen molar-refractivity contribution in [2.75, 3.05) is 20.2 Å². The molecule has 0 spiro atoms. The molecule has 4 nitrogen and oxygen atoms in total. The summed E-state index contributed by atoms with van der Waals surface area (Å²) in [6.07, 6.45) is 4.91. The Bertz CT molecular complexity index is 666. The zero-order valence-electron chi connectivity index (χ0n) is 12.9. The fourth-order valence-electron chi connectivity index (χ4n) is 3.54. The van der Waals surface area contributed by atoms with Crippen LogP contribution in [0.4, 0.5) is 0 Å². The molecular weight excluding hydrogens is 262 g/mol. The molecule has 2 heterocycles. The minimum atomic E-state index is 0.195. The second-order valence-electron chi connectivity index (χ2n) is 6.70. The van der Waals surface area contributed by atoms with Crippen LogP contribution < -0.4 is 10.1 Å². The van der Waals surface area contributed by atoms with Crippen LogP contribution in [0.1, 0.15) is 44.5 Å². The smallest absolute Gasteiger partial charge is 0.121 e. The highest BCUT2D eigenvalue weighted by atomic mass is 16.5. The monoisotopic (exact) mass is 285 g/mol. The van der Waals surface area contributed by atoms with Gasteiger partial charge in [-0.2, -0.15) is 0 Å². The Balaban J connectivity index is 1.88. The molecule has 1 saturated heterocycles. The van der Waals surface area contributed by atoms with Gasteiger partial charge in [-0.1, -0.05) is 6.92 Å². The maximum absolute atomic E-state index is 5.36. The van der Waals surface area contributed by atoms with Gasteiger partial charge in [-0.3, -0.25) is 0 Å². The Labute approximate surface area is 125 Å². The summed E-state index contributed by atoms with van der Waals surface area (Å²) in [7, 11) is 1.72. The third kappa shape index (κ3) is 2.13. The van der Waals surface area contributed by atoms with E-state index in [9.17, 15) is 0 Å². The van der Waals surface area contributed by atoms with E-state index in [-0.39, 0.29) is 5.41 Å². The highest BCUT2D eigenvalue weighted by Gasteiger charge is 2.38. The van der Waals surface area contributed by atoms with Crippen LogP contribution in [0.3, 0.4) is 0 Å². The molecule has 2 aromatic rings. The van der Waals surface area contributed by atoms with Crippen molar-refractivity contribution in [1.82, 2.24) is 14.9 Å². The third-order valence-electron chi connectivity index (χ3n) is 5.06. The van der Waals surface area contributed by atoms with Gasteiger partial charge in [-0.05, 0) is 50.9 Å². The van der Waals surface area contributed by atoms with Gasteiger partial charge in [-0.25, -0.2) is 4.98 Å². The van der Waals surface area contributed by atoms with Crippen molar-refractivity contribution >= 4 is 11.0 Å². The van der Waals surface area contributed by atoms with E-state index in [1.165, 1.54) is 37.0 Å². The van der Waals surface area contributed by atoms with Crippen LogP contribution in [-0.2, 0) is 5.41 Å². The predicted octanol–water partition coefficient (Wildman–Crippen LogP) is 3.02. The highest BCUT2D eigenvalue weighted by Crippen LogP contribution is 2.43. The number of rotatable bonds is 3. The fourth-order valence-corrected chi connectivity index (χ4v) is 3.54. The van der Waals surface area contributed by atoms with Crippen LogP contribution in [0.5, 0.6) is 5.75 Å². The van der Waals surface area contributed by atoms with Crippen LogP contribution in [0, 0.1) is 0 Å². The van der Waals surface area contributed by atoms with E-state index in [4.69, 9.17) is 9.72 Å². The lowest BCUT2D eigenvalue weighted by molar-refractivity contribution is 0.310. The van der Waals surface area contributed by atoms with Gasteiger partial charge in [0.1, 0.15) is 11.6 Å². The van der Waals surface area contributed by atoms with Gasteiger partial charge in [0, 0.05) is 17.5 Å². The molecule has 0 bridgehead atoms. The molecule has 0 unspecified atom stereocenters. The molecule has 1 aromatic carbocycles. The summed E-state index contributed by atoms with van der Waals surface area (Å²) in [5, 5.41) is 3.47. The van der Waals surface area contributed by atoms with Gasteiger partial charge >= 0.3 is 0 Å². The maximum Gasteiger partial charge on any atom is 0.121 e. The first-order valence-corrected chi connectivity index (χ1v) is 7.98. The lowest BCUT2D eigenvalue weighted by atomic mass is 9.80. The van der Waals surface area contributed by atoms with E-state index in [1.807, 2.05) is 0 Å². The summed E-state index contributed by atoms with van der Waals surface area (Å²) >= 11 is 0. The largest absolute Gasteiger partial charge is 0.497 e. The summed E-state index contributed by atoms with van der Waals surface area (Å²) in [4.78, 5) is 5.03. The number of methoxy groups -OCH3 is 1. The molecule has 0 radical (unpaired) electrons. The van der Waals surface area contributed by atoms with Gasteiger partial charge < -0.3 is 14.6 Å². The zero-order chi connectivity index (χ0) is 14.4. The Morgan fingerprint density at radius 1 is 1.29 bits per heavy atom. The van der Waals surface area contributed by atoms with Crippen molar-refractivity contribution < 1.29 is 4.74 Å². The first kappa shape index (κ1) is 13.1. The second-order valence-corrected chi connectivity index (χ2v) is 6.70. The number of ether oxygens (including phenoxy) is 1. The van der Waals surface area contributed by atoms with Crippen LogP contribution in [-0.4, -0.2) is 29.8 Å². The summed E-state index contributed by atoms with van der Waals surface area (Å²) in [5.74, 6) is 2.18. The van der Waals surface area contributed by atoms with E-state index in [0.717, 1.165) is 24.4 Å². The number of hydrogen-bond acceptors (Lipinski definition) is 3. The molecule has 0 amide bonds. The first-order chi connectivity index (χ1) is 10.2. The fraction of sp³-hybridized carbons (Fsp3) is 0.588. The number of imidazole rings is 1. The van der Waals surface area contributed by atoms with Crippen molar-refractivity contribution in [3.05, 3.63) is 24.0 Å². The Morgan fingerprint density at radius 2 is 2.05 bits per heavy atom. The molecule has 21 heavy (non-hydrogen) atoms. The molecule has 1 N–H and O–H groups in total. The van der Waals surface area contributed by atoms with Crippen molar-refractivity contribution in [1.29, 1.82) is 0 Å². The molecule has 1 aliphatic carbocycles. The molecule has 0 atom stereocenters. The maximum atomic E-state index is 5.36. The Morgan fingerprint density at radius 3 is 2.71 bits per heavy atom. The molecule has 4 heteroatoms. The number of fused-ring (bicyclic) bond motifs is 1. The highest BCUT2D eigenvalue weighted by molar-refractivity contribution is 5.78. The summed E-state index contributed by atoms with van der Waals surface area (Å²) in [6, 6.07) is 6.96. The number of piperidine rings is 1. The van der Waals surface area contributed by atoms with E-state index in [2.05, 4.69) is 35.0 Å². The molecular formula is C17H23N3O. The minimum Gasteiger partial charge on any atom is -0.497 e. The van der Waals surface area contributed by atoms with Crippen LogP contribution in [0.25, 0.3) is 11.0 Å². The second kappa shape index (κ2) is 4.73. The zero-order valence-corrected chi connectivity index (χ0v) is 12.9. The molecule has 1 aliphatic heterocycles. The van der Waals surface area contributed by atoms with Gasteiger partial charge in [0.05, 0.1) is 18.1 Å². The van der Waals surface area contributed by atoms with Gasteiger partial charge in [-0.15, -0.1) is 0 Å². The average Bonchev–Trinajstić information content (AvgIpc) is 3.27. The van der Waals surface area contributed by atoms with Gasteiger partial charge in [0.2, 0.25) is 0 Å². The van der Waals surface area contributed by atoms with Gasteiger partial charge in [0.25, 0.3) is 0 Å². The number of nitrogens with one attached hydrogen (secondary N) is 1. The molecule has 4 rings (SSSR count). The van der Waals surface area contributed by atoms with Crippen molar-refractivity contribution in [3.8, 4) is 5.75 Å². The molecule has 112 valence electrons. The molecule has 2 fully saturated rings. The van der Waals surface area contributed by atoms with Crippen molar-refractivity contribution in [2.24, 2.45) is 0 Å². The first-order valence-electron chi connectivity index (χ1n) is 7.98. The lowest BCUT2D eigenvalue weighted by Crippen LogP contribution is -2.39. The van der Waals surface area contributed by atoms with E-state index in [0.29, 0.717) is 6.04 Å². The van der Waals surface area contributed by atoms with E-state index >= 15 is 0 Å². The van der Waals surface area contributed by atoms with Crippen LogP contribution in [0.2, 0.25) is 0 Å². The Kier molecular flexibility index (Phi) is 2.96. The molecule has 1 saturated carbocycles. The SMILES string of the molecule is COc1ccc2c(c1)nc(C1(C)CCNCC1)n2C1CC1. The van der Waals surface area contributed by atoms with E-state index in [1.54, 1.807) is 7.11 Å². The number of benzene rings is 1. The van der Waals surface area contributed by atoms with E-state index < -0.39 is 0 Å². The van der Waals surface area contributed by atoms with Crippen molar-refractivity contribution in [3.63, 3.8) is 0 Å². The summed E-state index contributed by atoms with van der Waals surface area (Å²) in [5.41, 5.74) is 2.55. The molecule has 1 aromatic heterocycles. The third-order valence-corrected chi connectivity index (χ3v) is 5.06. The minimum absolute atomic E-state index is 0.195. The Hall–Kier alpha value is -1.55. The van der Waals surface area contributed by atoms with Crippen LogP contribution >= 0.6 is 0 Å². The van der Waals surface area contributed by atoms with Gasteiger partial charge in [0.15, 0.2) is 0 Å². The quantitative estimate of drug-likeness (QED) is 0.942. The average molecular weight is 285 g/mol. The number of aromatic nitrogens is 2. The summed E-state index contributed by atoms with van der Waals surface area (Å²) < 4.78 is 7.87. The molecule has 2 aliphatic rings. The van der Waals surface area contributed by atoms with Crippen molar-refractivity contribution in [2.45, 2.75) is 44.1 Å². The number of nitrogens with zero attached hydrogens (tertiary/aromatic N) is 2. The van der Waals surface area contributed by atoms with Crippen LogP contribution in [0.15, 0.2) is 18.2 Å². The standard InChI is InChI=1S/C17H23N3O/c1-17(7-9-18-10-8-17)16-19-14-11-13(21-2)5-6-15(14)20(16)12-3-4-12/h5-6,11-12,18H,3-4,7-10H2,1-2H3.